The normalized spacial score (nSPS) is 18.3. The summed E-state index contributed by atoms with van der Waals surface area (Å²) in [6, 6.07) is 7.52. The van der Waals surface area contributed by atoms with E-state index in [0.29, 0.717) is 30.4 Å². The van der Waals surface area contributed by atoms with Gasteiger partial charge in [0.2, 0.25) is 0 Å². The van der Waals surface area contributed by atoms with Crippen LogP contribution in [-0.4, -0.2) is 34.8 Å². The van der Waals surface area contributed by atoms with Gasteiger partial charge in [0.05, 0.1) is 17.2 Å². The fourth-order valence-electron chi connectivity index (χ4n) is 3.63. The molecule has 1 N–H and O–H groups in total. The summed E-state index contributed by atoms with van der Waals surface area (Å²) >= 11 is 6.31. The van der Waals surface area contributed by atoms with Crippen molar-refractivity contribution < 1.29 is 23.8 Å². The quantitative estimate of drug-likeness (QED) is 0.267. The molecule has 160 valence electrons. The molecule has 2 heterocycles. The number of likely N-dealkylation sites (tertiary alicyclic amines) is 1. The van der Waals surface area contributed by atoms with E-state index in [-0.39, 0.29) is 21.9 Å². The molecule has 1 saturated heterocycles. The molecule has 1 unspecified atom stereocenters. The number of aliphatic hydroxyl groups is 1. The van der Waals surface area contributed by atoms with E-state index < -0.39 is 17.7 Å². The maximum absolute atomic E-state index is 13.0. The minimum absolute atomic E-state index is 0.0265. The Labute approximate surface area is 181 Å². The molecule has 1 amide bonds. The van der Waals surface area contributed by atoms with Gasteiger partial charge >= 0.3 is 0 Å². The first-order valence-corrected chi connectivity index (χ1v) is 10.5. The molecule has 6 nitrogen and oxygen atoms in total. The van der Waals surface area contributed by atoms with Crippen molar-refractivity contribution in [2.45, 2.75) is 46.1 Å². The number of Topliss-reactive ketones (excluding diaryl/α,β-unsaturated/α-hetero) is 1. The van der Waals surface area contributed by atoms with Crippen LogP contribution >= 0.6 is 11.6 Å². The number of aryl methyl sites for hydroxylation is 1. The lowest BCUT2D eigenvalue weighted by atomic mass is 9.99. The summed E-state index contributed by atoms with van der Waals surface area (Å²) in [4.78, 5) is 27.2. The number of halogens is 1. The van der Waals surface area contributed by atoms with Crippen molar-refractivity contribution in [3.8, 4) is 5.75 Å². The van der Waals surface area contributed by atoms with Crippen molar-refractivity contribution in [1.82, 2.24) is 4.90 Å². The molecule has 2 aromatic rings. The van der Waals surface area contributed by atoms with Crippen LogP contribution in [0, 0.1) is 6.92 Å². The van der Waals surface area contributed by atoms with Crippen molar-refractivity contribution in [3.63, 3.8) is 0 Å². The van der Waals surface area contributed by atoms with Crippen LogP contribution < -0.4 is 4.74 Å². The van der Waals surface area contributed by atoms with Crippen molar-refractivity contribution >= 4 is 29.1 Å². The van der Waals surface area contributed by atoms with Crippen molar-refractivity contribution in [2.24, 2.45) is 0 Å². The Morgan fingerprint density at radius 2 is 1.97 bits per heavy atom. The first-order chi connectivity index (χ1) is 14.4. The van der Waals surface area contributed by atoms with Crippen LogP contribution in [0.25, 0.3) is 5.76 Å². The molecule has 0 bridgehead atoms. The minimum atomic E-state index is -0.803. The zero-order valence-electron chi connectivity index (χ0n) is 17.4. The number of aliphatic hydroxyl groups excluding tert-OH is 1. The highest BCUT2D eigenvalue weighted by Gasteiger charge is 2.47. The van der Waals surface area contributed by atoms with Crippen LogP contribution in [0.5, 0.6) is 5.75 Å². The molecular weight excluding hydrogens is 406 g/mol. The van der Waals surface area contributed by atoms with Crippen LogP contribution in [0.15, 0.2) is 40.3 Å². The van der Waals surface area contributed by atoms with Crippen molar-refractivity contribution in [2.75, 3.05) is 13.2 Å². The molecule has 1 aliphatic heterocycles. The Morgan fingerprint density at radius 3 is 2.60 bits per heavy atom. The molecule has 1 aromatic heterocycles. The third kappa shape index (κ3) is 4.24. The van der Waals surface area contributed by atoms with Crippen LogP contribution in [0.2, 0.25) is 5.02 Å². The number of unbranched alkanes of at least 4 members (excludes halogenated alkanes) is 2. The van der Waals surface area contributed by atoms with E-state index in [1.165, 1.54) is 4.90 Å². The second-order valence-corrected chi connectivity index (χ2v) is 7.63. The maximum atomic E-state index is 13.0. The fraction of sp³-hybridized carbons (Fsp3) is 0.391. The predicted octanol–water partition coefficient (Wildman–Crippen LogP) is 5.25. The summed E-state index contributed by atoms with van der Waals surface area (Å²) in [6.45, 7) is 6.53. The molecule has 0 aliphatic carbocycles. The third-order valence-electron chi connectivity index (χ3n) is 5.08. The van der Waals surface area contributed by atoms with Gasteiger partial charge in [0.25, 0.3) is 11.7 Å². The Morgan fingerprint density at radius 1 is 1.20 bits per heavy atom. The average Bonchev–Trinajstić information content (AvgIpc) is 3.25. The van der Waals surface area contributed by atoms with Gasteiger partial charge in [0.15, 0.2) is 0 Å². The molecule has 3 rings (SSSR count). The SMILES string of the molecule is CCCCCN1C(=O)C(=O)/C(=C(/O)c2cc(OCC)ccc2Cl)C1c1ccc(C)o1. The number of ether oxygens (including phenoxy) is 1. The lowest BCUT2D eigenvalue weighted by Crippen LogP contribution is -2.30. The second kappa shape index (κ2) is 9.39. The predicted molar refractivity (Wildman–Crippen MR) is 115 cm³/mol. The second-order valence-electron chi connectivity index (χ2n) is 7.22. The number of furan rings is 1. The van der Waals surface area contributed by atoms with Gasteiger partial charge in [0.1, 0.15) is 29.1 Å². The van der Waals surface area contributed by atoms with Crippen LogP contribution in [0.4, 0.5) is 0 Å². The Bertz CT molecular complexity index is 978. The summed E-state index contributed by atoms with van der Waals surface area (Å²) in [7, 11) is 0. The molecular formula is C23H26ClNO5. The van der Waals surface area contributed by atoms with Crippen LogP contribution in [-0.2, 0) is 9.59 Å². The summed E-state index contributed by atoms with van der Waals surface area (Å²) in [6.07, 6.45) is 2.66. The molecule has 0 radical (unpaired) electrons. The smallest absolute Gasteiger partial charge is 0.295 e. The molecule has 30 heavy (non-hydrogen) atoms. The highest BCUT2D eigenvalue weighted by Crippen LogP contribution is 2.41. The molecule has 0 spiro atoms. The van der Waals surface area contributed by atoms with Gasteiger partial charge in [-0.2, -0.15) is 0 Å². The fourth-order valence-corrected chi connectivity index (χ4v) is 3.83. The summed E-state index contributed by atoms with van der Waals surface area (Å²) in [5, 5.41) is 11.4. The number of carbonyl (C=O) groups excluding carboxylic acids is 2. The van der Waals surface area contributed by atoms with Crippen molar-refractivity contribution in [3.05, 3.63) is 58.0 Å². The molecule has 1 aliphatic rings. The Balaban J connectivity index is 2.13. The highest BCUT2D eigenvalue weighted by molar-refractivity contribution is 6.46. The van der Waals surface area contributed by atoms with E-state index in [4.69, 9.17) is 20.8 Å². The Hall–Kier alpha value is -2.73. The van der Waals surface area contributed by atoms with Gasteiger partial charge in [-0.1, -0.05) is 31.4 Å². The molecule has 1 aromatic carbocycles. The van der Waals surface area contributed by atoms with Crippen LogP contribution in [0.3, 0.4) is 0 Å². The highest BCUT2D eigenvalue weighted by atomic mass is 35.5. The van der Waals surface area contributed by atoms with Gasteiger partial charge in [0, 0.05) is 12.1 Å². The van der Waals surface area contributed by atoms with E-state index in [0.717, 1.165) is 19.3 Å². The number of nitrogens with zero attached hydrogens (tertiary/aromatic N) is 1. The lowest BCUT2D eigenvalue weighted by Gasteiger charge is -2.23. The maximum Gasteiger partial charge on any atom is 0.295 e. The molecule has 0 saturated carbocycles. The number of hydrogen-bond acceptors (Lipinski definition) is 5. The zero-order chi connectivity index (χ0) is 21.8. The minimum Gasteiger partial charge on any atom is -0.507 e. The number of rotatable bonds is 8. The van der Waals surface area contributed by atoms with Crippen molar-refractivity contribution in [1.29, 1.82) is 0 Å². The zero-order valence-corrected chi connectivity index (χ0v) is 18.2. The Kier molecular flexibility index (Phi) is 6.87. The van der Waals surface area contributed by atoms with E-state index in [2.05, 4.69) is 6.92 Å². The summed E-state index contributed by atoms with van der Waals surface area (Å²) in [5.74, 6) is -0.143. The third-order valence-corrected chi connectivity index (χ3v) is 5.41. The number of amides is 1. The first-order valence-electron chi connectivity index (χ1n) is 10.2. The van der Waals surface area contributed by atoms with Gasteiger partial charge in [-0.05, 0) is 50.6 Å². The van der Waals surface area contributed by atoms with E-state index in [1.54, 1.807) is 37.3 Å². The monoisotopic (exact) mass is 431 g/mol. The number of hydrogen-bond donors (Lipinski definition) is 1. The number of carbonyl (C=O) groups is 2. The first kappa shape index (κ1) is 22.0. The van der Waals surface area contributed by atoms with E-state index in [9.17, 15) is 14.7 Å². The average molecular weight is 432 g/mol. The molecule has 1 fully saturated rings. The summed E-state index contributed by atoms with van der Waals surface area (Å²) < 4.78 is 11.3. The summed E-state index contributed by atoms with van der Waals surface area (Å²) in [5.41, 5.74) is 0.212. The van der Waals surface area contributed by atoms with E-state index >= 15 is 0 Å². The number of benzene rings is 1. The standard InChI is InChI=1S/C23H26ClNO5/c1-4-6-7-12-25-20(18-11-8-14(3)30-18)19(22(27)23(25)28)21(26)16-13-15(29-5-2)9-10-17(16)24/h8-11,13,20,26H,4-7,12H2,1-3H3/b21-19+. The molecule has 7 heteroatoms. The molecule has 1 atom stereocenters. The van der Waals surface area contributed by atoms with Gasteiger partial charge in [-0.3, -0.25) is 9.59 Å². The van der Waals surface area contributed by atoms with Gasteiger partial charge < -0.3 is 19.2 Å². The van der Waals surface area contributed by atoms with Gasteiger partial charge in [-0.15, -0.1) is 0 Å². The van der Waals surface area contributed by atoms with Gasteiger partial charge in [-0.25, -0.2) is 0 Å². The largest absolute Gasteiger partial charge is 0.507 e. The number of ketones is 1. The topological polar surface area (TPSA) is 80.0 Å². The van der Waals surface area contributed by atoms with E-state index in [1.807, 2.05) is 6.92 Å². The van der Waals surface area contributed by atoms with Crippen LogP contribution in [0.1, 0.15) is 56.2 Å². The lowest BCUT2D eigenvalue weighted by molar-refractivity contribution is -0.140.